The number of thiazole rings is 1. The summed E-state index contributed by atoms with van der Waals surface area (Å²) in [7, 11) is 0. The van der Waals surface area contributed by atoms with Crippen molar-refractivity contribution in [1.82, 2.24) is 10.3 Å². The molecule has 26 heavy (non-hydrogen) atoms. The summed E-state index contributed by atoms with van der Waals surface area (Å²) in [6, 6.07) is 12.7. The molecule has 0 aliphatic heterocycles. The highest BCUT2D eigenvalue weighted by Crippen LogP contribution is 2.27. The van der Waals surface area contributed by atoms with Crippen molar-refractivity contribution in [2.45, 2.75) is 39.0 Å². The molecule has 3 rings (SSSR count). The predicted molar refractivity (Wildman–Crippen MR) is 111 cm³/mol. The summed E-state index contributed by atoms with van der Waals surface area (Å²) in [5, 5.41) is 8.00. The number of hydrogen-bond acceptors (Lipinski definition) is 4. The third-order valence-corrected chi connectivity index (χ3v) is 6.11. The maximum atomic E-state index is 12.1. The van der Waals surface area contributed by atoms with Crippen LogP contribution in [0.2, 0.25) is 0 Å². The third-order valence-electron chi connectivity index (χ3n) is 4.18. The maximum absolute atomic E-state index is 12.1. The number of carbonyl (C=O) groups excluding carboxylic acids is 1. The van der Waals surface area contributed by atoms with Gasteiger partial charge in [0.1, 0.15) is 5.01 Å². The summed E-state index contributed by atoms with van der Waals surface area (Å²) in [5.41, 5.74) is 3.58. The quantitative estimate of drug-likeness (QED) is 0.645. The molecule has 136 valence electrons. The van der Waals surface area contributed by atoms with Crippen molar-refractivity contribution in [2.24, 2.45) is 0 Å². The second kappa shape index (κ2) is 8.14. The van der Waals surface area contributed by atoms with Crippen LogP contribution in [0.1, 0.15) is 37.6 Å². The van der Waals surface area contributed by atoms with Gasteiger partial charge in [0.05, 0.1) is 17.0 Å². The van der Waals surface area contributed by atoms with E-state index in [4.69, 9.17) is 0 Å². The number of nitrogens with one attached hydrogen (secondary N) is 1. The van der Waals surface area contributed by atoms with Crippen molar-refractivity contribution < 1.29 is 4.79 Å². The molecule has 0 spiro atoms. The maximum Gasteiger partial charge on any atom is 0.226 e. The van der Waals surface area contributed by atoms with Crippen LogP contribution >= 0.6 is 22.7 Å². The van der Waals surface area contributed by atoms with Gasteiger partial charge in [-0.25, -0.2) is 4.98 Å². The van der Waals surface area contributed by atoms with Gasteiger partial charge in [0.25, 0.3) is 0 Å². The average molecular weight is 385 g/mol. The summed E-state index contributed by atoms with van der Waals surface area (Å²) < 4.78 is 0. The Morgan fingerprint density at radius 1 is 1.12 bits per heavy atom. The summed E-state index contributed by atoms with van der Waals surface area (Å²) in [6.07, 6.45) is 1.18. The zero-order valence-corrected chi connectivity index (χ0v) is 17.0. The van der Waals surface area contributed by atoms with E-state index in [1.165, 1.54) is 11.1 Å². The summed E-state index contributed by atoms with van der Waals surface area (Å²) in [4.78, 5) is 17.9. The number of aromatic nitrogens is 1. The zero-order valence-electron chi connectivity index (χ0n) is 15.4. The number of nitrogens with zero attached hydrogens (tertiary/aromatic N) is 1. The topological polar surface area (TPSA) is 42.0 Å². The van der Waals surface area contributed by atoms with Crippen molar-refractivity contribution in [2.75, 3.05) is 6.54 Å². The molecule has 0 aliphatic rings. The van der Waals surface area contributed by atoms with Gasteiger partial charge in [0, 0.05) is 11.9 Å². The highest BCUT2D eigenvalue weighted by molar-refractivity contribution is 7.20. The smallest absolute Gasteiger partial charge is 0.226 e. The number of thiophene rings is 1. The van der Waals surface area contributed by atoms with Crippen LogP contribution in [0, 0.1) is 0 Å². The average Bonchev–Trinajstić information content (AvgIpc) is 3.25. The number of rotatable bonds is 6. The van der Waals surface area contributed by atoms with Crippen LogP contribution < -0.4 is 5.32 Å². The molecule has 5 heteroatoms. The lowest BCUT2D eigenvalue weighted by Gasteiger charge is -2.19. The lowest BCUT2D eigenvalue weighted by atomic mass is 9.86. The first-order valence-electron chi connectivity index (χ1n) is 8.76. The Bertz CT molecular complexity index is 843. The molecular weight excluding hydrogens is 360 g/mol. The standard InChI is InChI=1S/C21H24N2OS2/c1-21(2,3)16-8-6-15(7-9-16)10-11-22-19(24)13-17-14-26-20(23-17)18-5-4-12-25-18/h4-9,12,14H,10-11,13H2,1-3H3,(H,22,24). The molecule has 2 heterocycles. The van der Waals surface area contributed by atoms with Gasteiger partial charge in [-0.15, -0.1) is 22.7 Å². The van der Waals surface area contributed by atoms with Crippen LogP contribution in [-0.4, -0.2) is 17.4 Å². The van der Waals surface area contributed by atoms with E-state index in [0.29, 0.717) is 13.0 Å². The normalized spacial score (nSPS) is 11.5. The Kier molecular flexibility index (Phi) is 5.89. The van der Waals surface area contributed by atoms with Crippen molar-refractivity contribution in [3.8, 4) is 9.88 Å². The minimum atomic E-state index is 0.0272. The first-order chi connectivity index (χ1) is 12.4. The molecule has 0 unspecified atom stereocenters. The third kappa shape index (κ3) is 5.02. The van der Waals surface area contributed by atoms with E-state index in [1.807, 2.05) is 16.8 Å². The summed E-state index contributed by atoms with van der Waals surface area (Å²) in [5.74, 6) is 0.0272. The van der Waals surface area contributed by atoms with Gasteiger partial charge < -0.3 is 5.32 Å². The first kappa shape index (κ1) is 18.8. The fraction of sp³-hybridized carbons (Fsp3) is 0.333. The molecule has 1 aromatic carbocycles. The van der Waals surface area contributed by atoms with E-state index in [9.17, 15) is 4.79 Å². The van der Waals surface area contributed by atoms with Gasteiger partial charge in [0.2, 0.25) is 5.91 Å². The second-order valence-electron chi connectivity index (χ2n) is 7.34. The van der Waals surface area contributed by atoms with Crippen molar-refractivity contribution >= 4 is 28.6 Å². The molecule has 0 radical (unpaired) electrons. The van der Waals surface area contributed by atoms with Gasteiger partial charge in [0.15, 0.2) is 0 Å². The number of amides is 1. The van der Waals surface area contributed by atoms with Crippen LogP contribution in [0.25, 0.3) is 9.88 Å². The van der Waals surface area contributed by atoms with Crippen LogP contribution in [-0.2, 0) is 23.1 Å². The highest BCUT2D eigenvalue weighted by Gasteiger charge is 2.13. The molecule has 0 bridgehead atoms. The van der Waals surface area contributed by atoms with E-state index in [2.05, 4.69) is 61.4 Å². The van der Waals surface area contributed by atoms with E-state index in [0.717, 1.165) is 22.0 Å². The van der Waals surface area contributed by atoms with Crippen molar-refractivity contribution in [1.29, 1.82) is 0 Å². The van der Waals surface area contributed by atoms with Crippen LogP contribution in [0.3, 0.4) is 0 Å². The fourth-order valence-electron chi connectivity index (χ4n) is 2.65. The van der Waals surface area contributed by atoms with E-state index >= 15 is 0 Å². The van der Waals surface area contributed by atoms with Crippen LogP contribution in [0.15, 0.2) is 47.2 Å². The molecule has 1 amide bonds. The Labute approximate surface area is 163 Å². The van der Waals surface area contributed by atoms with E-state index in [-0.39, 0.29) is 11.3 Å². The molecule has 1 N–H and O–H groups in total. The number of hydrogen-bond donors (Lipinski definition) is 1. The lowest BCUT2D eigenvalue weighted by Crippen LogP contribution is -2.27. The Morgan fingerprint density at radius 3 is 2.54 bits per heavy atom. The minimum absolute atomic E-state index is 0.0272. The number of benzene rings is 1. The van der Waals surface area contributed by atoms with Gasteiger partial charge in [-0.05, 0) is 34.4 Å². The van der Waals surface area contributed by atoms with E-state index in [1.54, 1.807) is 22.7 Å². The monoisotopic (exact) mass is 384 g/mol. The number of carbonyl (C=O) groups is 1. The highest BCUT2D eigenvalue weighted by atomic mass is 32.1. The van der Waals surface area contributed by atoms with Crippen LogP contribution in [0.4, 0.5) is 0 Å². The predicted octanol–water partition coefficient (Wildman–Crippen LogP) is 5.07. The molecule has 0 saturated heterocycles. The van der Waals surface area contributed by atoms with Gasteiger partial charge in [-0.1, -0.05) is 51.1 Å². The fourth-order valence-corrected chi connectivity index (χ4v) is 4.28. The Morgan fingerprint density at radius 2 is 1.88 bits per heavy atom. The Hall–Kier alpha value is -1.98. The lowest BCUT2D eigenvalue weighted by molar-refractivity contribution is -0.120. The van der Waals surface area contributed by atoms with Crippen molar-refractivity contribution in [3.63, 3.8) is 0 Å². The van der Waals surface area contributed by atoms with Crippen molar-refractivity contribution in [3.05, 3.63) is 64.0 Å². The molecule has 3 aromatic rings. The second-order valence-corrected chi connectivity index (χ2v) is 9.15. The molecule has 3 nitrogen and oxygen atoms in total. The van der Waals surface area contributed by atoms with Gasteiger partial charge >= 0.3 is 0 Å². The summed E-state index contributed by atoms with van der Waals surface area (Å²) >= 11 is 3.26. The molecule has 0 fully saturated rings. The molecule has 0 saturated carbocycles. The molecule has 0 aliphatic carbocycles. The SMILES string of the molecule is CC(C)(C)c1ccc(CCNC(=O)Cc2csc(-c3cccs3)n2)cc1. The first-order valence-corrected chi connectivity index (χ1v) is 10.5. The molecular formula is C21H24N2OS2. The molecule has 0 atom stereocenters. The Balaban J connectivity index is 1.46. The minimum Gasteiger partial charge on any atom is -0.355 e. The van der Waals surface area contributed by atoms with E-state index < -0.39 is 0 Å². The van der Waals surface area contributed by atoms with Gasteiger partial charge in [-0.2, -0.15) is 0 Å². The summed E-state index contributed by atoms with van der Waals surface area (Å²) in [6.45, 7) is 7.29. The zero-order chi connectivity index (χ0) is 18.6. The van der Waals surface area contributed by atoms with Gasteiger partial charge in [-0.3, -0.25) is 4.79 Å². The van der Waals surface area contributed by atoms with Crippen LogP contribution in [0.5, 0.6) is 0 Å². The molecule has 2 aromatic heterocycles. The largest absolute Gasteiger partial charge is 0.355 e.